The molecule has 1 aromatic heterocycles. The summed E-state index contributed by atoms with van der Waals surface area (Å²) >= 11 is 6.19. The Morgan fingerprint density at radius 3 is 2.05 bits per heavy atom. The van der Waals surface area contributed by atoms with Gasteiger partial charge in [0.15, 0.2) is 0 Å². The zero-order valence-corrected chi connectivity index (χ0v) is 11.5. The third kappa shape index (κ3) is 2.38. The number of aromatic nitrogens is 4. The van der Waals surface area contributed by atoms with E-state index in [-0.39, 0.29) is 0 Å². The molecule has 0 N–H and O–H groups in total. The second kappa shape index (κ2) is 5.35. The van der Waals surface area contributed by atoms with Crippen molar-refractivity contribution in [1.29, 1.82) is 0 Å². The van der Waals surface area contributed by atoms with Crippen LogP contribution in [0, 0.1) is 6.92 Å². The SMILES string of the molecule is Cc1cccc(Cl)c1-c1nnc(-c2ccccc2)nn1. The van der Waals surface area contributed by atoms with Gasteiger partial charge in [0.25, 0.3) is 0 Å². The molecule has 3 aromatic rings. The van der Waals surface area contributed by atoms with Crippen LogP contribution >= 0.6 is 11.6 Å². The number of nitrogens with zero attached hydrogens (tertiary/aromatic N) is 4. The average molecular weight is 283 g/mol. The fourth-order valence-corrected chi connectivity index (χ4v) is 2.25. The number of benzene rings is 2. The number of hydrogen-bond donors (Lipinski definition) is 0. The Morgan fingerprint density at radius 2 is 1.40 bits per heavy atom. The normalized spacial score (nSPS) is 10.5. The largest absolute Gasteiger partial charge is 0.205 e. The molecule has 98 valence electrons. The fourth-order valence-electron chi connectivity index (χ4n) is 1.95. The van der Waals surface area contributed by atoms with E-state index in [1.54, 1.807) is 6.07 Å². The molecule has 0 saturated heterocycles. The molecule has 0 amide bonds. The summed E-state index contributed by atoms with van der Waals surface area (Å²) in [5, 5.41) is 17.1. The fraction of sp³-hybridized carbons (Fsp3) is 0.0667. The van der Waals surface area contributed by atoms with Crippen LogP contribution in [0.15, 0.2) is 48.5 Å². The van der Waals surface area contributed by atoms with Gasteiger partial charge in [-0.1, -0.05) is 54.1 Å². The van der Waals surface area contributed by atoms with Crippen molar-refractivity contribution >= 4 is 11.6 Å². The molecule has 20 heavy (non-hydrogen) atoms. The Hall–Kier alpha value is -2.33. The number of hydrogen-bond acceptors (Lipinski definition) is 4. The highest BCUT2D eigenvalue weighted by atomic mass is 35.5. The molecule has 0 aliphatic rings. The van der Waals surface area contributed by atoms with Crippen molar-refractivity contribution < 1.29 is 0 Å². The predicted molar refractivity (Wildman–Crippen MR) is 78.2 cm³/mol. The van der Waals surface area contributed by atoms with E-state index in [9.17, 15) is 0 Å². The topological polar surface area (TPSA) is 51.6 Å². The van der Waals surface area contributed by atoms with E-state index in [0.29, 0.717) is 16.7 Å². The third-order valence-electron chi connectivity index (χ3n) is 2.96. The zero-order valence-electron chi connectivity index (χ0n) is 10.8. The van der Waals surface area contributed by atoms with Gasteiger partial charge >= 0.3 is 0 Å². The molecule has 0 atom stereocenters. The van der Waals surface area contributed by atoms with E-state index in [1.165, 1.54) is 0 Å². The van der Waals surface area contributed by atoms with Crippen molar-refractivity contribution in [3.05, 3.63) is 59.1 Å². The summed E-state index contributed by atoms with van der Waals surface area (Å²) in [6, 6.07) is 15.3. The van der Waals surface area contributed by atoms with Crippen molar-refractivity contribution in [3.63, 3.8) is 0 Å². The first-order chi connectivity index (χ1) is 9.75. The monoisotopic (exact) mass is 282 g/mol. The van der Waals surface area contributed by atoms with Crippen LogP contribution in [0.5, 0.6) is 0 Å². The maximum absolute atomic E-state index is 6.19. The second-order valence-corrected chi connectivity index (χ2v) is 4.75. The van der Waals surface area contributed by atoms with E-state index < -0.39 is 0 Å². The van der Waals surface area contributed by atoms with Gasteiger partial charge in [-0.15, -0.1) is 20.4 Å². The van der Waals surface area contributed by atoms with Crippen LogP contribution in [-0.4, -0.2) is 20.4 Å². The molecule has 1 heterocycles. The van der Waals surface area contributed by atoms with Crippen LogP contribution in [0.4, 0.5) is 0 Å². The Bertz CT molecular complexity index is 706. The summed E-state index contributed by atoms with van der Waals surface area (Å²) in [6.45, 7) is 1.95. The van der Waals surface area contributed by atoms with Gasteiger partial charge in [-0.3, -0.25) is 0 Å². The summed E-state index contributed by atoms with van der Waals surface area (Å²) in [7, 11) is 0. The lowest BCUT2D eigenvalue weighted by atomic mass is 10.1. The first-order valence-electron chi connectivity index (χ1n) is 6.14. The van der Waals surface area contributed by atoms with Gasteiger partial charge in [0.05, 0.1) is 5.02 Å². The van der Waals surface area contributed by atoms with Crippen LogP contribution in [0.25, 0.3) is 22.8 Å². The summed E-state index contributed by atoms with van der Waals surface area (Å²) in [4.78, 5) is 0. The molecule has 5 heteroatoms. The standard InChI is InChI=1S/C15H11ClN4/c1-10-6-5-9-12(16)13(10)15-19-17-14(18-20-15)11-7-3-2-4-8-11/h2-9H,1H3. The quantitative estimate of drug-likeness (QED) is 0.721. The second-order valence-electron chi connectivity index (χ2n) is 4.34. The van der Waals surface area contributed by atoms with Crippen molar-refractivity contribution in [2.24, 2.45) is 0 Å². The van der Waals surface area contributed by atoms with Gasteiger partial charge in [0.1, 0.15) is 0 Å². The van der Waals surface area contributed by atoms with Gasteiger partial charge < -0.3 is 0 Å². The molecule has 3 rings (SSSR count). The van der Waals surface area contributed by atoms with E-state index in [0.717, 1.165) is 16.7 Å². The van der Waals surface area contributed by atoms with Gasteiger partial charge in [-0.2, -0.15) is 0 Å². The lowest BCUT2D eigenvalue weighted by Crippen LogP contribution is -2.00. The minimum Gasteiger partial charge on any atom is -0.126 e. The number of halogens is 1. The Labute approximate surface area is 121 Å². The van der Waals surface area contributed by atoms with Gasteiger partial charge in [-0.05, 0) is 18.6 Å². The lowest BCUT2D eigenvalue weighted by Gasteiger charge is -2.05. The molecule has 0 aliphatic carbocycles. The number of rotatable bonds is 2. The maximum atomic E-state index is 6.19. The van der Waals surface area contributed by atoms with Gasteiger partial charge in [0, 0.05) is 11.1 Å². The van der Waals surface area contributed by atoms with Crippen molar-refractivity contribution in [2.75, 3.05) is 0 Å². The molecule has 0 fully saturated rings. The van der Waals surface area contributed by atoms with Crippen LogP contribution in [0.2, 0.25) is 5.02 Å². The van der Waals surface area contributed by atoms with E-state index in [1.807, 2.05) is 49.4 Å². The van der Waals surface area contributed by atoms with E-state index in [4.69, 9.17) is 11.6 Å². The first-order valence-corrected chi connectivity index (χ1v) is 6.52. The molecule has 4 nitrogen and oxygen atoms in total. The van der Waals surface area contributed by atoms with Crippen LogP contribution < -0.4 is 0 Å². The Morgan fingerprint density at radius 1 is 0.750 bits per heavy atom. The Balaban J connectivity index is 2.02. The summed E-state index contributed by atoms with van der Waals surface area (Å²) in [5.74, 6) is 0.937. The summed E-state index contributed by atoms with van der Waals surface area (Å²) < 4.78 is 0. The van der Waals surface area contributed by atoms with Crippen molar-refractivity contribution in [3.8, 4) is 22.8 Å². The molecule has 0 bridgehead atoms. The smallest absolute Gasteiger partial charge is 0.126 e. The molecule has 0 aliphatic heterocycles. The lowest BCUT2D eigenvalue weighted by molar-refractivity contribution is 0.875. The first kappa shape index (κ1) is 12.7. The molecule has 0 unspecified atom stereocenters. The average Bonchev–Trinajstić information content (AvgIpc) is 2.49. The van der Waals surface area contributed by atoms with Gasteiger partial charge in [-0.25, -0.2) is 0 Å². The molecule has 0 saturated carbocycles. The highest BCUT2D eigenvalue weighted by Crippen LogP contribution is 2.27. The summed E-state index contributed by atoms with van der Waals surface area (Å²) in [6.07, 6.45) is 0. The van der Waals surface area contributed by atoms with Crippen LogP contribution in [-0.2, 0) is 0 Å². The van der Waals surface area contributed by atoms with Crippen LogP contribution in [0.1, 0.15) is 5.56 Å². The van der Waals surface area contributed by atoms with Crippen molar-refractivity contribution in [2.45, 2.75) is 6.92 Å². The van der Waals surface area contributed by atoms with E-state index in [2.05, 4.69) is 20.4 Å². The highest BCUT2D eigenvalue weighted by molar-refractivity contribution is 6.33. The molecule has 2 aromatic carbocycles. The number of aryl methyl sites for hydroxylation is 1. The Kier molecular flexibility index (Phi) is 3.39. The predicted octanol–water partition coefficient (Wildman–Crippen LogP) is 3.56. The minimum absolute atomic E-state index is 0.438. The van der Waals surface area contributed by atoms with Gasteiger partial charge in [0.2, 0.25) is 11.6 Å². The molecule has 0 spiro atoms. The minimum atomic E-state index is 0.438. The zero-order chi connectivity index (χ0) is 13.9. The van der Waals surface area contributed by atoms with Crippen LogP contribution in [0.3, 0.4) is 0 Å². The highest BCUT2D eigenvalue weighted by Gasteiger charge is 2.11. The molecular formula is C15H11ClN4. The summed E-state index contributed by atoms with van der Waals surface area (Å²) in [5.41, 5.74) is 2.65. The molecule has 0 radical (unpaired) electrons. The van der Waals surface area contributed by atoms with E-state index >= 15 is 0 Å². The molecular weight excluding hydrogens is 272 g/mol. The third-order valence-corrected chi connectivity index (χ3v) is 3.27. The maximum Gasteiger partial charge on any atom is 0.205 e. The van der Waals surface area contributed by atoms with Crippen molar-refractivity contribution in [1.82, 2.24) is 20.4 Å².